The Morgan fingerprint density at radius 2 is 1.92 bits per heavy atom. The fraction of sp³-hybridized carbons (Fsp3) is 0.259. The number of aromatic nitrogens is 1. The molecule has 0 aliphatic carbocycles. The van der Waals surface area contributed by atoms with Crippen LogP contribution in [0.25, 0.3) is 6.08 Å². The molecule has 1 aliphatic heterocycles. The highest BCUT2D eigenvalue weighted by atomic mass is 32.1. The number of hydrogen-bond donors (Lipinski definition) is 0. The molecule has 0 saturated carbocycles. The van der Waals surface area contributed by atoms with Crippen LogP contribution in [-0.4, -0.2) is 30.4 Å². The van der Waals surface area contributed by atoms with E-state index in [1.54, 1.807) is 50.3 Å². The number of nitrogens with zero attached hydrogens (tertiary/aromatic N) is 3. The van der Waals surface area contributed by atoms with Crippen LogP contribution in [0.2, 0.25) is 0 Å². The highest BCUT2D eigenvalue weighted by Crippen LogP contribution is 2.31. The molecule has 0 amide bonds. The molecule has 0 radical (unpaired) electrons. The van der Waals surface area contributed by atoms with E-state index in [4.69, 9.17) is 19.5 Å². The Labute approximate surface area is 216 Å². The third-order valence-corrected chi connectivity index (χ3v) is 6.54. The van der Waals surface area contributed by atoms with Gasteiger partial charge in [-0.1, -0.05) is 29.5 Å². The fourth-order valence-corrected chi connectivity index (χ4v) is 5.06. The predicted molar refractivity (Wildman–Crippen MR) is 136 cm³/mol. The summed E-state index contributed by atoms with van der Waals surface area (Å²) in [5, 5.41) is 8.81. The summed E-state index contributed by atoms with van der Waals surface area (Å²) >= 11 is 1.18. The minimum Gasteiger partial charge on any atom is -0.490 e. The molecule has 37 heavy (non-hydrogen) atoms. The van der Waals surface area contributed by atoms with E-state index in [-0.39, 0.29) is 24.3 Å². The largest absolute Gasteiger partial charge is 0.490 e. The molecule has 2 aromatic carbocycles. The molecule has 0 saturated heterocycles. The third kappa shape index (κ3) is 5.32. The van der Waals surface area contributed by atoms with Gasteiger partial charge in [0.2, 0.25) is 0 Å². The van der Waals surface area contributed by atoms with Crippen molar-refractivity contribution in [3.63, 3.8) is 0 Å². The summed E-state index contributed by atoms with van der Waals surface area (Å²) in [7, 11) is 0. The quantitative estimate of drug-likeness (QED) is 0.422. The van der Waals surface area contributed by atoms with Crippen molar-refractivity contribution in [2.75, 3.05) is 19.8 Å². The maximum Gasteiger partial charge on any atom is 0.338 e. The number of ether oxygens (including phenoxy) is 3. The molecule has 1 atom stereocenters. The Kier molecular flexibility index (Phi) is 7.84. The number of allylic oxidation sites excluding steroid dienone is 1. The van der Waals surface area contributed by atoms with Gasteiger partial charge >= 0.3 is 5.97 Å². The maximum absolute atomic E-state index is 13.7. The minimum absolute atomic E-state index is 0.121. The monoisotopic (exact) mass is 521 g/mol. The van der Waals surface area contributed by atoms with Crippen LogP contribution in [-0.2, 0) is 9.53 Å². The first-order chi connectivity index (χ1) is 17.9. The predicted octanol–water partition coefficient (Wildman–Crippen LogP) is 3.24. The zero-order valence-corrected chi connectivity index (χ0v) is 21.3. The average Bonchev–Trinajstić information content (AvgIpc) is 3.17. The zero-order valence-electron chi connectivity index (χ0n) is 20.5. The first kappa shape index (κ1) is 25.9. The summed E-state index contributed by atoms with van der Waals surface area (Å²) in [5.41, 5.74) is 1.54. The molecule has 0 bridgehead atoms. The fourth-order valence-electron chi connectivity index (χ4n) is 4.02. The molecule has 10 heteroatoms. The van der Waals surface area contributed by atoms with Gasteiger partial charge in [0, 0.05) is 0 Å². The second-order valence-electron chi connectivity index (χ2n) is 7.94. The number of thiazole rings is 1. The summed E-state index contributed by atoms with van der Waals surface area (Å²) < 4.78 is 31.8. The molecule has 1 aromatic heterocycles. The number of carbonyl (C=O) groups is 1. The SMILES string of the molecule is CCOC(=O)C1=C(C)N=c2s/c(=C\c3ccc(OCC#N)c(OCC)c3)c(=O)n2[C@@H]1c1ccc(F)cc1. The Balaban J connectivity index is 1.87. The van der Waals surface area contributed by atoms with Gasteiger partial charge in [0.25, 0.3) is 5.56 Å². The van der Waals surface area contributed by atoms with Crippen LogP contribution in [0.4, 0.5) is 4.39 Å². The molecule has 0 spiro atoms. The van der Waals surface area contributed by atoms with E-state index >= 15 is 0 Å². The number of benzene rings is 2. The van der Waals surface area contributed by atoms with Crippen molar-refractivity contribution in [3.8, 4) is 17.6 Å². The van der Waals surface area contributed by atoms with Crippen molar-refractivity contribution in [1.29, 1.82) is 5.26 Å². The Bertz CT molecular complexity index is 1580. The molecule has 190 valence electrons. The van der Waals surface area contributed by atoms with E-state index in [0.717, 1.165) is 0 Å². The van der Waals surface area contributed by atoms with Crippen LogP contribution in [0.1, 0.15) is 37.9 Å². The van der Waals surface area contributed by atoms with Crippen molar-refractivity contribution in [3.05, 3.63) is 90.4 Å². The summed E-state index contributed by atoms with van der Waals surface area (Å²) in [4.78, 5) is 31.5. The molecular weight excluding hydrogens is 497 g/mol. The van der Waals surface area contributed by atoms with Gasteiger partial charge in [-0.25, -0.2) is 14.2 Å². The lowest BCUT2D eigenvalue weighted by Gasteiger charge is -2.24. The van der Waals surface area contributed by atoms with Crippen molar-refractivity contribution < 1.29 is 23.4 Å². The van der Waals surface area contributed by atoms with Crippen LogP contribution in [0.3, 0.4) is 0 Å². The maximum atomic E-state index is 13.7. The number of hydrogen-bond acceptors (Lipinski definition) is 8. The Hall–Kier alpha value is -4.23. The lowest BCUT2D eigenvalue weighted by molar-refractivity contribution is -0.139. The molecule has 1 aliphatic rings. The van der Waals surface area contributed by atoms with Crippen LogP contribution in [0.5, 0.6) is 11.5 Å². The van der Waals surface area contributed by atoms with Gasteiger partial charge in [-0.15, -0.1) is 0 Å². The molecule has 8 nitrogen and oxygen atoms in total. The zero-order chi connectivity index (χ0) is 26.5. The number of esters is 1. The number of rotatable bonds is 8. The van der Waals surface area contributed by atoms with Gasteiger partial charge < -0.3 is 14.2 Å². The van der Waals surface area contributed by atoms with E-state index in [1.165, 1.54) is 28.0 Å². The smallest absolute Gasteiger partial charge is 0.338 e. The van der Waals surface area contributed by atoms with Crippen molar-refractivity contribution in [2.45, 2.75) is 26.8 Å². The molecular formula is C27H24FN3O5S. The van der Waals surface area contributed by atoms with Gasteiger partial charge in [-0.3, -0.25) is 9.36 Å². The van der Waals surface area contributed by atoms with Crippen molar-refractivity contribution in [1.82, 2.24) is 4.57 Å². The summed E-state index contributed by atoms with van der Waals surface area (Å²) in [5.74, 6) is -0.138. The first-order valence-corrected chi connectivity index (χ1v) is 12.4. The van der Waals surface area contributed by atoms with E-state index < -0.39 is 17.8 Å². The third-order valence-electron chi connectivity index (χ3n) is 5.56. The van der Waals surface area contributed by atoms with Crippen molar-refractivity contribution in [2.24, 2.45) is 4.99 Å². The van der Waals surface area contributed by atoms with E-state index in [2.05, 4.69) is 4.99 Å². The number of nitriles is 1. The normalized spacial score (nSPS) is 15.0. The number of halogens is 1. The summed E-state index contributed by atoms with van der Waals surface area (Å²) in [6.45, 7) is 5.65. The van der Waals surface area contributed by atoms with Crippen LogP contribution >= 0.6 is 11.3 Å². The van der Waals surface area contributed by atoms with Gasteiger partial charge in [0.1, 0.15) is 11.9 Å². The Morgan fingerprint density at radius 1 is 1.16 bits per heavy atom. The topological polar surface area (TPSA) is 103 Å². The second kappa shape index (κ2) is 11.2. The van der Waals surface area contributed by atoms with Crippen LogP contribution in [0.15, 0.2) is 63.5 Å². The highest BCUT2D eigenvalue weighted by molar-refractivity contribution is 7.07. The van der Waals surface area contributed by atoms with Gasteiger partial charge in [-0.2, -0.15) is 5.26 Å². The van der Waals surface area contributed by atoms with E-state index in [9.17, 15) is 14.0 Å². The van der Waals surface area contributed by atoms with Crippen LogP contribution < -0.4 is 24.4 Å². The van der Waals surface area contributed by atoms with Crippen molar-refractivity contribution >= 4 is 23.4 Å². The summed E-state index contributed by atoms with van der Waals surface area (Å²) in [6.07, 6.45) is 1.70. The van der Waals surface area contributed by atoms with E-state index in [0.29, 0.717) is 44.3 Å². The lowest BCUT2D eigenvalue weighted by atomic mass is 9.96. The summed E-state index contributed by atoms with van der Waals surface area (Å²) in [6, 6.07) is 11.9. The molecule has 0 N–H and O–H groups in total. The van der Waals surface area contributed by atoms with Gasteiger partial charge in [0.05, 0.1) is 35.1 Å². The molecule has 4 rings (SSSR count). The van der Waals surface area contributed by atoms with Crippen LogP contribution in [0, 0.1) is 17.1 Å². The molecule has 3 aromatic rings. The molecule has 0 unspecified atom stereocenters. The highest BCUT2D eigenvalue weighted by Gasteiger charge is 2.33. The molecule has 2 heterocycles. The minimum atomic E-state index is -0.821. The number of carbonyl (C=O) groups excluding carboxylic acids is 1. The van der Waals surface area contributed by atoms with E-state index in [1.807, 2.05) is 13.0 Å². The van der Waals surface area contributed by atoms with Gasteiger partial charge in [-0.05, 0) is 62.2 Å². The average molecular weight is 522 g/mol. The Morgan fingerprint density at radius 3 is 2.59 bits per heavy atom. The lowest BCUT2D eigenvalue weighted by Crippen LogP contribution is -2.39. The molecule has 0 fully saturated rings. The number of fused-ring (bicyclic) bond motifs is 1. The first-order valence-electron chi connectivity index (χ1n) is 11.6. The standard InChI is InChI=1S/C27H24FN3O5S/c1-4-34-21-14-17(6-11-20(21)36-13-12-29)15-22-25(32)31-24(18-7-9-19(28)10-8-18)23(26(33)35-5-2)16(3)30-27(31)37-22/h6-11,14-15,24H,4-5,13H2,1-3H3/b22-15-/t24-/m1/s1. The van der Waals surface area contributed by atoms with Gasteiger partial charge in [0.15, 0.2) is 22.9 Å². The second-order valence-corrected chi connectivity index (χ2v) is 8.95.